The van der Waals surface area contributed by atoms with Crippen LogP contribution in [-0.2, 0) is 13.0 Å². The van der Waals surface area contributed by atoms with Crippen molar-refractivity contribution in [1.29, 1.82) is 0 Å². The fraction of sp³-hybridized carbons (Fsp3) is 0.412. The highest BCUT2D eigenvalue weighted by Crippen LogP contribution is 2.24. The Labute approximate surface area is 146 Å². The Hall–Kier alpha value is -1.59. The molecule has 2 aromatic rings. The highest BCUT2D eigenvalue weighted by molar-refractivity contribution is 7.09. The van der Waals surface area contributed by atoms with Gasteiger partial charge < -0.3 is 9.64 Å². The molecule has 0 atom stereocenters. The first kappa shape index (κ1) is 17.8. The number of thiazole rings is 1. The predicted octanol–water partition coefficient (Wildman–Crippen LogP) is 4.28. The van der Waals surface area contributed by atoms with E-state index in [1.54, 1.807) is 31.2 Å². The van der Waals surface area contributed by atoms with E-state index in [1.165, 1.54) is 11.3 Å². The van der Waals surface area contributed by atoms with Gasteiger partial charge in [0, 0.05) is 36.0 Å². The minimum Gasteiger partial charge on any atom is -0.496 e. The highest BCUT2D eigenvalue weighted by Gasteiger charge is 2.17. The number of methoxy groups -OCH3 is 1. The minimum absolute atomic E-state index is 0.0988. The standard InChI is InChI=1S/C17H21ClN2O2S/c1-11(2)7-16-19-14(10-23-16)17(21)20(3)9-12-8-13(18)5-6-15(12)22-4/h5-6,8,10-11H,7,9H2,1-4H3. The Bertz CT molecular complexity index is 685. The zero-order valence-electron chi connectivity index (χ0n) is 13.8. The number of hydrogen-bond acceptors (Lipinski definition) is 4. The average molecular weight is 353 g/mol. The number of carbonyl (C=O) groups is 1. The first-order chi connectivity index (χ1) is 10.9. The zero-order valence-corrected chi connectivity index (χ0v) is 15.4. The van der Waals surface area contributed by atoms with E-state index in [4.69, 9.17) is 16.3 Å². The Morgan fingerprint density at radius 3 is 2.83 bits per heavy atom. The van der Waals surface area contributed by atoms with Crippen molar-refractivity contribution in [2.45, 2.75) is 26.8 Å². The van der Waals surface area contributed by atoms with E-state index in [0.717, 1.165) is 17.0 Å². The number of nitrogens with zero attached hydrogens (tertiary/aromatic N) is 2. The van der Waals surface area contributed by atoms with Crippen molar-refractivity contribution in [3.05, 3.63) is 44.9 Å². The van der Waals surface area contributed by atoms with Gasteiger partial charge >= 0.3 is 0 Å². The van der Waals surface area contributed by atoms with Gasteiger partial charge in [-0.25, -0.2) is 4.98 Å². The maximum absolute atomic E-state index is 12.5. The van der Waals surface area contributed by atoms with Gasteiger partial charge in [-0.1, -0.05) is 25.4 Å². The van der Waals surface area contributed by atoms with Crippen LogP contribution in [0.4, 0.5) is 0 Å². The quantitative estimate of drug-likeness (QED) is 0.779. The molecule has 0 saturated heterocycles. The third-order valence-corrected chi connectivity index (χ3v) is 4.46. The molecule has 0 unspecified atom stereocenters. The molecule has 0 aliphatic heterocycles. The molecule has 0 fully saturated rings. The molecule has 0 radical (unpaired) electrons. The van der Waals surface area contributed by atoms with Crippen molar-refractivity contribution in [2.24, 2.45) is 5.92 Å². The van der Waals surface area contributed by atoms with Crippen molar-refractivity contribution in [3.63, 3.8) is 0 Å². The van der Waals surface area contributed by atoms with E-state index in [2.05, 4.69) is 18.8 Å². The van der Waals surface area contributed by atoms with E-state index in [9.17, 15) is 4.79 Å². The van der Waals surface area contributed by atoms with Crippen LogP contribution >= 0.6 is 22.9 Å². The molecule has 0 N–H and O–H groups in total. The summed E-state index contributed by atoms with van der Waals surface area (Å²) >= 11 is 7.57. The Morgan fingerprint density at radius 1 is 1.43 bits per heavy atom. The molecule has 0 aliphatic rings. The summed E-state index contributed by atoms with van der Waals surface area (Å²) in [6.07, 6.45) is 0.893. The summed E-state index contributed by atoms with van der Waals surface area (Å²) in [5.74, 6) is 1.14. The average Bonchev–Trinajstić information content (AvgIpc) is 2.94. The van der Waals surface area contributed by atoms with Crippen LogP contribution in [0.2, 0.25) is 5.02 Å². The second-order valence-electron chi connectivity index (χ2n) is 5.84. The van der Waals surface area contributed by atoms with Crippen molar-refractivity contribution in [1.82, 2.24) is 9.88 Å². The van der Waals surface area contributed by atoms with E-state index >= 15 is 0 Å². The number of halogens is 1. The second-order valence-corrected chi connectivity index (χ2v) is 7.22. The van der Waals surface area contributed by atoms with Crippen molar-refractivity contribution in [2.75, 3.05) is 14.2 Å². The van der Waals surface area contributed by atoms with E-state index in [0.29, 0.717) is 28.9 Å². The van der Waals surface area contributed by atoms with E-state index in [-0.39, 0.29) is 5.91 Å². The minimum atomic E-state index is -0.0988. The van der Waals surface area contributed by atoms with E-state index in [1.807, 2.05) is 11.4 Å². The molecular formula is C17H21ClN2O2S. The molecule has 1 aromatic heterocycles. The van der Waals surface area contributed by atoms with Crippen LogP contribution in [0.5, 0.6) is 5.75 Å². The van der Waals surface area contributed by atoms with Crippen LogP contribution in [0.1, 0.15) is 34.9 Å². The molecule has 0 bridgehead atoms. The Balaban J connectivity index is 2.11. The largest absolute Gasteiger partial charge is 0.496 e. The van der Waals surface area contributed by atoms with Gasteiger partial charge in [-0.2, -0.15) is 0 Å². The lowest BCUT2D eigenvalue weighted by atomic mass is 10.1. The number of carbonyl (C=O) groups excluding carboxylic acids is 1. The van der Waals surface area contributed by atoms with Gasteiger partial charge in [-0.3, -0.25) is 4.79 Å². The number of amides is 1. The first-order valence-corrected chi connectivity index (χ1v) is 8.68. The molecule has 1 aromatic carbocycles. The number of benzene rings is 1. The van der Waals surface area contributed by atoms with Gasteiger partial charge in [0.25, 0.3) is 5.91 Å². The van der Waals surface area contributed by atoms with Gasteiger partial charge in [0.05, 0.1) is 12.1 Å². The molecule has 23 heavy (non-hydrogen) atoms. The fourth-order valence-electron chi connectivity index (χ4n) is 2.25. The van der Waals surface area contributed by atoms with Gasteiger partial charge in [-0.15, -0.1) is 11.3 Å². The van der Waals surface area contributed by atoms with Crippen molar-refractivity contribution in [3.8, 4) is 5.75 Å². The van der Waals surface area contributed by atoms with Crippen LogP contribution in [-0.4, -0.2) is 29.9 Å². The number of hydrogen-bond donors (Lipinski definition) is 0. The number of rotatable bonds is 6. The number of aromatic nitrogens is 1. The molecule has 0 aliphatic carbocycles. The van der Waals surface area contributed by atoms with Crippen LogP contribution in [0.15, 0.2) is 23.6 Å². The normalized spacial score (nSPS) is 10.9. The summed E-state index contributed by atoms with van der Waals surface area (Å²) in [7, 11) is 3.36. The lowest BCUT2D eigenvalue weighted by Gasteiger charge is -2.18. The topological polar surface area (TPSA) is 42.4 Å². The maximum atomic E-state index is 12.5. The number of ether oxygens (including phenoxy) is 1. The molecule has 2 rings (SSSR count). The summed E-state index contributed by atoms with van der Waals surface area (Å²) in [6, 6.07) is 5.39. The SMILES string of the molecule is COc1ccc(Cl)cc1CN(C)C(=O)c1csc(CC(C)C)n1. The lowest BCUT2D eigenvalue weighted by Crippen LogP contribution is -2.26. The van der Waals surface area contributed by atoms with Gasteiger partial charge in [-0.05, 0) is 24.1 Å². The van der Waals surface area contributed by atoms with Crippen molar-refractivity contribution >= 4 is 28.8 Å². The molecular weight excluding hydrogens is 332 g/mol. The van der Waals surface area contributed by atoms with Crippen LogP contribution < -0.4 is 4.74 Å². The monoisotopic (exact) mass is 352 g/mol. The van der Waals surface area contributed by atoms with Gasteiger partial charge in [0.15, 0.2) is 0 Å². The van der Waals surface area contributed by atoms with Crippen molar-refractivity contribution < 1.29 is 9.53 Å². The first-order valence-electron chi connectivity index (χ1n) is 7.43. The highest BCUT2D eigenvalue weighted by atomic mass is 35.5. The third-order valence-electron chi connectivity index (χ3n) is 3.35. The summed E-state index contributed by atoms with van der Waals surface area (Å²) in [4.78, 5) is 18.6. The van der Waals surface area contributed by atoms with E-state index < -0.39 is 0 Å². The third kappa shape index (κ3) is 4.69. The summed E-state index contributed by atoms with van der Waals surface area (Å²) in [6.45, 7) is 4.69. The summed E-state index contributed by atoms with van der Waals surface area (Å²) in [5.41, 5.74) is 1.36. The molecule has 1 heterocycles. The van der Waals surface area contributed by atoms with Crippen LogP contribution in [0, 0.1) is 5.92 Å². The molecule has 0 saturated carbocycles. The Morgan fingerprint density at radius 2 is 2.17 bits per heavy atom. The second kappa shape index (κ2) is 7.79. The fourth-order valence-corrected chi connectivity index (χ4v) is 3.42. The van der Waals surface area contributed by atoms with Crippen LogP contribution in [0.3, 0.4) is 0 Å². The molecule has 0 spiro atoms. The smallest absolute Gasteiger partial charge is 0.273 e. The molecule has 1 amide bonds. The summed E-state index contributed by atoms with van der Waals surface area (Å²) < 4.78 is 5.32. The van der Waals surface area contributed by atoms with Gasteiger partial charge in [0.1, 0.15) is 11.4 Å². The predicted molar refractivity (Wildman–Crippen MR) is 94.5 cm³/mol. The molecule has 6 heteroatoms. The Kier molecular flexibility index (Phi) is 6.02. The molecule has 124 valence electrons. The maximum Gasteiger partial charge on any atom is 0.273 e. The summed E-state index contributed by atoms with van der Waals surface area (Å²) in [5, 5.41) is 3.44. The zero-order chi connectivity index (χ0) is 17.0. The molecule has 4 nitrogen and oxygen atoms in total. The van der Waals surface area contributed by atoms with Crippen LogP contribution in [0.25, 0.3) is 0 Å². The lowest BCUT2D eigenvalue weighted by molar-refractivity contribution is 0.0779. The van der Waals surface area contributed by atoms with Gasteiger partial charge in [0.2, 0.25) is 0 Å².